The number of rotatable bonds is 9. The molecular formula is C28H25ClF3N3O5. The van der Waals surface area contributed by atoms with Crippen molar-refractivity contribution in [2.75, 3.05) is 30.5 Å². The maximum atomic E-state index is 12.9. The average molecular weight is 576 g/mol. The van der Waals surface area contributed by atoms with E-state index in [0.717, 1.165) is 23.8 Å². The van der Waals surface area contributed by atoms with Gasteiger partial charge in [0.25, 0.3) is 5.91 Å². The molecule has 210 valence electrons. The van der Waals surface area contributed by atoms with Crippen LogP contribution in [0.1, 0.15) is 17.5 Å². The molecule has 0 aliphatic carbocycles. The zero-order valence-corrected chi connectivity index (χ0v) is 22.0. The molecule has 1 atom stereocenters. The maximum absolute atomic E-state index is 12.9. The topological polar surface area (TPSA) is 97.0 Å². The van der Waals surface area contributed by atoms with Crippen molar-refractivity contribution < 1.29 is 37.0 Å². The number of alkyl halides is 3. The molecule has 1 fully saturated rings. The molecule has 1 aliphatic rings. The van der Waals surface area contributed by atoms with Crippen molar-refractivity contribution in [2.45, 2.75) is 19.1 Å². The zero-order chi connectivity index (χ0) is 28.9. The van der Waals surface area contributed by atoms with Crippen molar-refractivity contribution in [1.29, 1.82) is 0 Å². The highest BCUT2D eigenvalue weighted by Gasteiger charge is 2.35. The van der Waals surface area contributed by atoms with Gasteiger partial charge in [0.05, 0.1) is 29.3 Å². The van der Waals surface area contributed by atoms with Crippen LogP contribution in [0.3, 0.4) is 0 Å². The number of hydrogen-bond donors (Lipinski definition) is 2. The molecule has 0 spiro atoms. The van der Waals surface area contributed by atoms with Crippen molar-refractivity contribution in [3.8, 4) is 11.5 Å². The molecule has 40 heavy (non-hydrogen) atoms. The molecule has 3 amide bonds. The molecule has 1 aliphatic heterocycles. The monoisotopic (exact) mass is 575 g/mol. The molecule has 4 rings (SSSR count). The van der Waals surface area contributed by atoms with Gasteiger partial charge in [-0.2, -0.15) is 13.2 Å². The van der Waals surface area contributed by atoms with E-state index in [1.165, 1.54) is 4.90 Å². The van der Waals surface area contributed by atoms with Crippen molar-refractivity contribution in [3.63, 3.8) is 0 Å². The molecule has 0 aromatic heterocycles. The van der Waals surface area contributed by atoms with Crippen molar-refractivity contribution in [1.82, 2.24) is 5.32 Å². The molecule has 3 aromatic rings. The number of methoxy groups -OCH3 is 1. The predicted octanol–water partition coefficient (Wildman–Crippen LogP) is 5.05. The predicted molar refractivity (Wildman–Crippen MR) is 142 cm³/mol. The molecule has 1 heterocycles. The zero-order valence-electron chi connectivity index (χ0n) is 21.3. The van der Waals surface area contributed by atoms with E-state index < -0.39 is 30.2 Å². The van der Waals surface area contributed by atoms with Gasteiger partial charge in [0.2, 0.25) is 11.8 Å². The van der Waals surface area contributed by atoms with Crippen molar-refractivity contribution in [3.05, 3.63) is 82.9 Å². The van der Waals surface area contributed by atoms with Crippen molar-refractivity contribution >= 4 is 40.7 Å². The third-order valence-corrected chi connectivity index (χ3v) is 6.54. The lowest BCUT2D eigenvalue weighted by Crippen LogP contribution is -2.32. The number of carbonyl (C=O) groups is 3. The number of hydrogen-bond acceptors (Lipinski definition) is 5. The van der Waals surface area contributed by atoms with Crippen LogP contribution in [0.4, 0.5) is 24.5 Å². The molecule has 0 bridgehead atoms. The van der Waals surface area contributed by atoms with Gasteiger partial charge in [0.15, 0.2) is 6.61 Å². The van der Waals surface area contributed by atoms with Gasteiger partial charge in [-0.05, 0) is 60.2 Å². The van der Waals surface area contributed by atoms with Crippen LogP contribution < -0.4 is 25.0 Å². The van der Waals surface area contributed by atoms with Crippen LogP contribution in [0.5, 0.6) is 11.5 Å². The molecule has 0 unspecified atom stereocenters. The fourth-order valence-electron chi connectivity index (χ4n) is 4.06. The van der Waals surface area contributed by atoms with E-state index in [0.29, 0.717) is 23.7 Å². The summed E-state index contributed by atoms with van der Waals surface area (Å²) < 4.78 is 49.3. The molecule has 0 radical (unpaired) electrons. The third kappa shape index (κ3) is 7.23. The summed E-state index contributed by atoms with van der Waals surface area (Å²) >= 11 is 5.90. The van der Waals surface area contributed by atoms with Crippen molar-refractivity contribution in [2.24, 2.45) is 5.92 Å². The minimum absolute atomic E-state index is 0.0475. The van der Waals surface area contributed by atoms with Crippen LogP contribution in [-0.4, -0.2) is 38.0 Å². The van der Waals surface area contributed by atoms with Gasteiger partial charge >= 0.3 is 6.18 Å². The van der Waals surface area contributed by atoms with E-state index >= 15 is 0 Å². The number of nitrogens with zero attached hydrogens (tertiary/aromatic N) is 1. The first-order chi connectivity index (χ1) is 19.0. The van der Waals surface area contributed by atoms with E-state index in [2.05, 4.69) is 10.6 Å². The summed E-state index contributed by atoms with van der Waals surface area (Å²) in [5, 5.41) is 5.11. The standard InChI is InChI=1S/C28H25ClF3N3O5/c1-39-21-7-2-17(3-8-21)14-33-27(38)18-12-26(37)35(15-18)20-5-9-22(10-6-20)40-16-25(36)34-24-13-19(28(30,31)32)4-11-23(24)29/h2-11,13,18H,12,14-16H2,1H3,(H,33,38)(H,34,36)/t18-/m0/s1. The fourth-order valence-corrected chi connectivity index (χ4v) is 4.23. The Bertz CT molecular complexity index is 1380. The van der Waals surface area contributed by atoms with Crippen LogP contribution >= 0.6 is 11.6 Å². The summed E-state index contributed by atoms with van der Waals surface area (Å²) in [6, 6.07) is 16.2. The van der Waals surface area contributed by atoms with Crippen LogP contribution in [0.2, 0.25) is 5.02 Å². The SMILES string of the molecule is COc1ccc(CNC(=O)[C@H]2CC(=O)N(c3ccc(OCC(=O)Nc4cc(C(F)(F)F)ccc4Cl)cc3)C2)cc1. The van der Waals surface area contributed by atoms with E-state index in [-0.39, 0.29) is 35.5 Å². The number of amides is 3. The van der Waals surface area contributed by atoms with Gasteiger partial charge in [0, 0.05) is 25.2 Å². The Labute approximate surface area is 233 Å². The second kappa shape index (κ2) is 12.3. The van der Waals surface area contributed by atoms with Gasteiger partial charge in [-0.15, -0.1) is 0 Å². The summed E-state index contributed by atoms with van der Waals surface area (Å²) in [5.41, 5.74) is 0.327. The molecule has 12 heteroatoms. The second-order valence-electron chi connectivity index (χ2n) is 8.99. The summed E-state index contributed by atoms with van der Waals surface area (Å²) in [6.45, 7) is 0.0613. The molecule has 2 N–H and O–H groups in total. The largest absolute Gasteiger partial charge is 0.497 e. The van der Waals surface area contributed by atoms with Gasteiger partial charge in [0.1, 0.15) is 11.5 Å². The van der Waals surface area contributed by atoms with E-state index in [9.17, 15) is 27.6 Å². The number of ether oxygens (including phenoxy) is 2. The van der Waals surface area contributed by atoms with E-state index in [1.807, 2.05) is 12.1 Å². The first-order valence-electron chi connectivity index (χ1n) is 12.1. The second-order valence-corrected chi connectivity index (χ2v) is 9.40. The highest BCUT2D eigenvalue weighted by atomic mass is 35.5. The van der Waals surface area contributed by atoms with Gasteiger partial charge < -0.3 is 25.0 Å². The highest BCUT2D eigenvalue weighted by molar-refractivity contribution is 6.33. The first-order valence-corrected chi connectivity index (χ1v) is 12.5. The number of benzene rings is 3. The smallest absolute Gasteiger partial charge is 0.416 e. The van der Waals surface area contributed by atoms with E-state index in [4.69, 9.17) is 21.1 Å². The lowest BCUT2D eigenvalue weighted by molar-refractivity contribution is -0.137. The van der Waals surface area contributed by atoms with Gasteiger partial charge in [-0.1, -0.05) is 23.7 Å². The normalized spacial score (nSPS) is 15.1. The van der Waals surface area contributed by atoms with Crippen LogP contribution in [0.15, 0.2) is 66.7 Å². The van der Waals surface area contributed by atoms with Gasteiger partial charge in [-0.25, -0.2) is 0 Å². The minimum atomic E-state index is -4.58. The maximum Gasteiger partial charge on any atom is 0.416 e. The number of anilines is 2. The fraction of sp³-hybridized carbons (Fsp3) is 0.250. The minimum Gasteiger partial charge on any atom is -0.497 e. The Balaban J connectivity index is 1.27. The Hall–Kier alpha value is -4.25. The van der Waals surface area contributed by atoms with Crippen LogP contribution in [-0.2, 0) is 27.1 Å². The summed E-state index contributed by atoms with van der Waals surface area (Å²) in [6.07, 6.45) is -4.51. The molecule has 8 nitrogen and oxygen atoms in total. The average Bonchev–Trinajstić information content (AvgIpc) is 3.33. The third-order valence-electron chi connectivity index (χ3n) is 6.21. The lowest BCUT2D eigenvalue weighted by Gasteiger charge is -2.17. The molecular weight excluding hydrogens is 551 g/mol. The first kappa shape index (κ1) is 28.8. The Morgan fingerprint density at radius 1 is 1.02 bits per heavy atom. The van der Waals surface area contributed by atoms with E-state index in [1.54, 1.807) is 43.5 Å². The Morgan fingerprint density at radius 3 is 2.35 bits per heavy atom. The summed E-state index contributed by atoms with van der Waals surface area (Å²) in [7, 11) is 1.57. The Morgan fingerprint density at radius 2 is 1.70 bits per heavy atom. The molecule has 3 aromatic carbocycles. The Kier molecular flexibility index (Phi) is 8.83. The van der Waals surface area contributed by atoms with Crippen LogP contribution in [0, 0.1) is 5.92 Å². The summed E-state index contributed by atoms with van der Waals surface area (Å²) in [5.74, 6) is -0.619. The molecule has 1 saturated heterocycles. The lowest BCUT2D eigenvalue weighted by atomic mass is 10.1. The van der Waals surface area contributed by atoms with Crippen LogP contribution in [0.25, 0.3) is 0 Å². The van der Waals surface area contributed by atoms with Gasteiger partial charge in [-0.3, -0.25) is 14.4 Å². The number of carbonyl (C=O) groups excluding carboxylic acids is 3. The highest BCUT2D eigenvalue weighted by Crippen LogP contribution is 2.34. The molecule has 0 saturated carbocycles. The summed E-state index contributed by atoms with van der Waals surface area (Å²) in [4.78, 5) is 39.0. The number of halogens is 4. The quantitative estimate of drug-likeness (QED) is 0.372. The number of nitrogens with one attached hydrogen (secondary N) is 2.